The van der Waals surface area contributed by atoms with Crippen LogP contribution in [0.25, 0.3) is 0 Å². The molecule has 0 radical (unpaired) electrons. The van der Waals surface area contributed by atoms with Gasteiger partial charge in [-0.25, -0.2) is 9.79 Å². The van der Waals surface area contributed by atoms with Gasteiger partial charge in [0.25, 0.3) is 0 Å². The van der Waals surface area contributed by atoms with Crippen LogP contribution in [0.3, 0.4) is 0 Å². The molecule has 6 nitrogen and oxygen atoms in total. The molecule has 2 atom stereocenters. The number of nitriles is 1. The van der Waals surface area contributed by atoms with Gasteiger partial charge in [0.2, 0.25) is 0 Å². The van der Waals surface area contributed by atoms with Crippen LogP contribution in [0, 0.1) is 17.2 Å². The molecule has 1 aliphatic rings. The predicted molar refractivity (Wildman–Crippen MR) is 96.7 cm³/mol. The lowest BCUT2D eigenvalue weighted by atomic mass is 9.75. The molecule has 0 amide bonds. The highest BCUT2D eigenvalue weighted by Gasteiger charge is 2.44. The fourth-order valence-electron chi connectivity index (χ4n) is 2.98. The number of aliphatic imine (C=N–C) groups is 1. The summed E-state index contributed by atoms with van der Waals surface area (Å²) in [6, 6.07) is 8.80. The maximum atomic E-state index is 12.6. The Labute approximate surface area is 157 Å². The van der Waals surface area contributed by atoms with Gasteiger partial charge in [-0.3, -0.25) is 4.79 Å². The summed E-state index contributed by atoms with van der Waals surface area (Å²) in [5, 5.41) is 9.86. The SMILES string of the molecule is CCOC(=O)C1=C(C#N)N=C(C)C(C(=O)OCC)C1c1ccccc1Cl. The second-order valence-corrected chi connectivity index (χ2v) is 5.98. The average molecular weight is 375 g/mol. The highest BCUT2D eigenvalue weighted by Crippen LogP contribution is 2.42. The molecule has 0 aromatic heterocycles. The van der Waals surface area contributed by atoms with Crippen molar-refractivity contribution in [3.63, 3.8) is 0 Å². The van der Waals surface area contributed by atoms with E-state index in [1.807, 2.05) is 6.07 Å². The van der Waals surface area contributed by atoms with E-state index < -0.39 is 23.8 Å². The molecule has 0 fully saturated rings. The number of nitrogens with zero attached hydrogens (tertiary/aromatic N) is 2. The Bertz CT molecular complexity index is 823. The normalized spacial score (nSPS) is 19.4. The number of rotatable bonds is 5. The second-order valence-electron chi connectivity index (χ2n) is 5.58. The lowest BCUT2D eigenvalue weighted by molar-refractivity contribution is -0.146. The van der Waals surface area contributed by atoms with Gasteiger partial charge in [0.15, 0.2) is 5.70 Å². The predicted octanol–water partition coefficient (Wildman–Crippen LogP) is 3.42. The number of ether oxygens (including phenoxy) is 2. The fourth-order valence-corrected chi connectivity index (χ4v) is 3.23. The van der Waals surface area contributed by atoms with Crippen LogP contribution in [0.1, 0.15) is 32.3 Å². The number of carbonyl (C=O) groups excluding carboxylic acids is 2. The van der Waals surface area contributed by atoms with E-state index in [0.717, 1.165) is 0 Å². The van der Waals surface area contributed by atoms with Crippen molar-refractivity contribution >= 4 is 29.3 Å². The van der Waals surface area contributed by atoms with Gasteiger partial charge in [0.1, 0.15) is 12.0 Å². The molecule has 2 unspecified atom stereocenters. The highest BCUT2D eigenvalue weighted by atomic mass is 35.5. The largest absolute Gasteiger partial charge is 0.465 e. The number of halogens is 1. The summed E-state index contributed by atoms with van der Waals surface area (Å²) in [5.41, 5.74) is 0.868. The Morgan fingerprint density at radius 3 is 2.46 bits per heavy atom. The maximum absolute atomic E-state index is 12.6. The fraction of sp³-hybridized carbons (Fsp3) is 0.368. The third-order valence-electron chi connectivity index (χ3n) is 4.02. The first-order valence-corrected chi connectivity index (χ1v) is 8.61. The van der Waals surface area contributed by atoms with Gasteiger partial charge < -0.3 is 9.47 Å². The van der Waals surface area contributed by atoms with Crippen LogP contribution < -0.4 is 0 Å². The van der Waals surface area contributed by atoms with Crippen LogP contribution in [-0.2, 0) is 19.1 Å². The summed E-state index contributed by atoms with van der Waals surface area (Å²) in [7, 11) is 0. The van der Waals surface area contributed by atoms with E-state index in [0.29, 0.717) is 16.3 Å². The summed E-state index contributed by atoms with van der Waals surface area (Å²) in [4.78, 5) is 29.4. The third-order valence-corrected chi connectivity index (χ3v) is 4.36. The summed E-state index contributed by atoms with van der Waals surface area (Å²) in [5.74, 6) is -2.91. The van der Waals surface area contributed by atoms with Gasteiger partial charge in [0.05, 0.1) is 18.8 Å². The maximum Gasteiger partial charge on any atom is 0.337 e. The topological polar surface area (TPSA) is 88.8 Å². The first kappa shape index (κ1) is 19.7. The standard InChI is InChI=1S/C19H19ClN2O4/c1-4-25-18(23)15-11(3)22-14(10-21)17(19(24)26-5-2)16(15)12-8-6-7-9-13(12)20/h6-9,15-16H,4-5H2,1-3H3. The molecule has 0 N–H and O–H groups in total. The quantitative estimate of drug-likeness (QED) is 0.737. The Kier molecular flexibility index (Phi) is 6.53. The first-order chi connectivity index (χ1) is 12.5. The molecule has 1 aromatic carbocycles. The van der Waals surface area contributed by atoms with Crippen LogP contribution in [0.4, 0.5) is 0 Å². The van der Waals surface area contributed by atoms with Gasteiger partial charge in [-0.15, -0.1) is 0 Å². The molecule has 0 saturated heterocycles. The molecule has 7 heteroatoms. The molecular weight excluding hydrogens is 356 g/mol. The Balaban J connectivity index is 2.73. The van der Waals surface area contributed by atoms with Crippen molar-refractivity contribution in [2.75, 3.05) is 13.2 Å². The minimum Gasteiger partial charge on any atom is -0.465 e. The van der Waals surface area contributed by atoms with Crippen LogP contribution in [-0.4, -0.2) is 30.9 Å². The molecule has 0 saturated carbocycles. The number of allylic oxidation sites excluding steroid dienone is 1. The molecule has 2 rings (SSSR count). The molecule has 0 bridgehead atoms. The molecular formula is C19H19ClN2O4. The van der Waals surface area contributed by atoms with E-state index in [1.165, 1.54) is 0 Å². The van der Waals surface area contributed by atoms with Crippen LogP contribution in [0.15, 0.2) is 40.5 Å². The second kappa shape index (κ2) is 8.63. The minimum absolute atomic E-state index is 0.0195. The smallest absolute Gasteiger partial charge is 0.337 e. The van der Waals surface area contributed by atoms with Gasteiger partial charge in [-0.1, -0.05) is 29.8 Å². The van der Waals surface area contributed by atoms with E-state index >= 15 is 0 Å². The molecule has 26 heavy (non-hydrogen) atoms. The number of hydrogen-bond donors (Lipinski definition) is 0. The lowest BCUT2D eigenvalue weighted by Crippen LogP contribution is -2.36. The zero-order valence-corrected chi connectivity index (χ0v) is 15.5. The van der Waals surface area contributed by atoms with Crippen LogP contribution >= 0.6 is 11.6 Å². The van der Waals surface area contributed by atoms with Crippen LogP contribution in [0.5, 0.6) is 0 Å². The summed E-state index contributed by atoms with van der Waals surface area (Å²) in [6.45, 7) is 5.30. The number of hydrogen-bond acceptors (Lipinski definition) is 6. The van der Waals surface area contributed by atoms with Crippen molar-refractivity contribution < 1.29 is 19.1 Å². The van der Waals surface area contributed by atoms with Crippen molar-refractivity contribution in [3.8, 4) is 6.07 Å². The van der Waals surface area contributed by atoms with Crippen LogP contribution in [0.2, 0.25) is 5.02 Å². The number of esters is 2. The zero-order valence-electron chi connectivity index (χ0n) is 14.8. The third kappa shape index (κ3) is 3.78. The Morgan fingerprint density at radius 1 is 1.23 bits per heavy atom. The molecule has 136 valence electrons. The number of carbonyl (C=O) groups is 2. The van der Waals surface area contributed by atoms with E-state index in [9.17, 15) is 14.9 Å². The van der Waals surface area contributed by atoms with E-state index in [1.54, 1.807) is 45.0 Å². The average Bonchev–Trinajstić information content (AvgIpc) is 2.61. The Morgan fingerprint density at radius 2 is 1.88 bits per heavy atom. The summed E-state index contributed by atoms with van der Waals surface area (Å²) in [6.07, 6.45) is 0. The first-order valence-electron chi connectivity index (χ1n) is 8.23. The molecule has 1 aliphatic heterocycles. The monoisotopic (exact) mass is 374 g/mol. The Hall–Kier alpha value is -2.65. The van der Waals surface area contributed by atoms with Crippen molar-refractivity contribution in [1.29, 1.82) is 5.26 Å². The van der Waals surface area contributed by atoms with Crippen molar-refractivity contribution in [3.05, 3.63) is 46.1 Å². The lowest BCUT2D eigenvalue weighted by Gasteiger charge is -2.31. The molecule has 1 aromatic rings. The van der Waals surface area contributed by atoms with Gasteiger partial charge in [-0.05, 0) is 32.4 Å². The van der Waals surface area contributed by atoms with Gasteiger partial charge >= 0.3 is 11.9 Å². The van der Waals surface area contributed by atoms with Crippen molar-refractivity contribution in [2.24, 2.45) is 10.9 Å². The summed E-state index contributed by atoms with van der Waals surface area (Å²) < 4.78 is 10.3. The molecule has 0 aliphatic carbocycles. The van der Waals surface area contributed by atoms with E-state index in [2.05, 4.69) is 4.99 Å². The highest BCUT2D eigenvalue weighted by molar-refractivity contribution is 6.31. The molecule has 0 spiro atoms. The minimum atomic E-state index is -0.869. The van der Waals surface area contributed by atoms with E-state index in [-0.39, 0.29) is 24.5 Å². The summed E-state index contributed by atoms with van der Waals surface area (Å²) >= 11 is 6.34. The van der Waals surface area contributed by atoms with E-state index in [4.69, 9.17) is 21.1 Å². The van der Waals surface area contributed by atoms with Gasteiger partial charge in [0, 0.05) is 16.7 Å². The van der Waals surface area contributed by atoms with Gasteiger partial charge in [-0.2, -0.15) is 5.26 Å². The van der Waals surface area contributed by atoms with Crippen molar-refractivity contribution in [2.45, 2.75) is 26.7 Å². The van der Waals surface area contributed by atoms with Crippen molar-refractivity contribution in [1.82, 2.24) is 0 Å². The number of benzene rings is 1. The molecule has 1 heterocycles. The zero-order chi connectivity index (χ0) is 19.3.